The van der Waals surface area contributed by atoms with Crippen molar-refractivity contribution in [2.45, 2.75) is 72.3 Å². The summed E-state index contributed by atoms with van der Waals surface area (Å²) in [6, 6.07) is 17.7. The number of amides is 3. The van der Waals surface area contributed by atoms with Crippen molar-refractivity contribution in [3.63, 3.8) is 0 Å². The van der Waals surface area contributed by atoms with Crippen molar-refractivity contribution in [3.8, 4) is 0 Å². The molecule has 1 unspecified atom stereocenters. The summed E-state index contributed by atoms with van der Waals surface area (Å²) in [7, 11) is 0. The Hall–Kier alpha value is -4.73. The highest BCUT2D eigenvalue weighted by atomic mass is 16.2. The largest absolute Gasteiger partial charge is 0.369 e. The Morgan fingerprint density at radius 3 is 2.15 bits per heavy atom. The molecule has 0 radical (unpaired) electrons. The molecule has 0 aliphatic carbocycles. The molecule has 4 atom stereocenters. The summed E-state index contributed by atoms with van der Waals surface area (Å²) in [5, 5.41) is 7.15. The van der Waals surface area contributed by atoms with Gasteiger partial charge >= 0.3 is 0 Å². The monoisotopic (exact) mass is 642 g/mol. The van der Waals surface area contributed by atoms with E-state index < -0.39 is 59.6 Å². The van der Waals surface area contributed by atoms with Gasteiger partial charge in [0.15, 0.2) is 5.78 Å². The summed E-state index contributed by atoms with van der Waals surface area (Å²) in [4.78, 5) is 81.7. The average molecular weight is 643 g/mol. The number of carbonyl (C=O) groups is 6. The van der Waals surface area contributed by atoms with Crippen molar-refractivity contribution in [1.82, 2.24) is 15.6 Å². The number of pyridine rings is 1. The molecule has 0 bridgehead atoms. The molecule has 4 N–H and O–H groups in total. The van der Waals surface area contributed by atoms with Gasteiger partial charge in [-0.2, -0.15) is 0 Å². The summed E-state index contributed by atoms with van der Waals surface area (Å²) in [5.74, 6) is -5.39. The number of primary amides is 1. The molecule has 0 fully saturated rings. The van der Waals surface area contributed by atoms with Crippen molar-refractivity contribution in [3.05, 3.63) is 78.1 Å². The summed E-state index contributed by atoms with van der Waals surface area (Å²) in [6.07, 6.45) is 2.63. The predicted octanol–water partition coefficient (Wildman–Crippen LogP) is 3.92. The summed E-state index contributed by atoms with van der Waals surface area (Å²) >= 11 is 0. The third kappa shape index (κ3) is 11.5. The van der Waals surface area contributed by atoms with Crippen molar-refractivity contribution >= 4 is 45.8 Å². The molecule has 0 aliphatic rings. The first kappa shape index (κ1) is 36.7. The van der Waals surface area contributed by atoms with Crippen LogP contribution in [-0.2, 0) is 41.6 Å². The molecule has 3 amide bonds. The molecular formula is C37H46N4O6. The molecular weight excluding hydrogens is 596 g/mol. The molecule has 3 aromatic rings. The van der Waals surface area contributed by atoms with Crippen molar-refractivity contribution in [2.75, 3.05) is 6.54 Å². The molecule has 0 saturated heterocycles. The van der Waals surface area contributed by atoms with Crippen molar-refractivity contribution < 1.29 is 28.8 Å². The van der Waals surface area contributed by atoms with Gasteiger partial charge in [0.25, 0.3) is 5.91 Å². The molecule has 1 heterocycles. The number of nitrogens with two attached hydrogens (primary N) is 1. The fourth-order valence-electron chi connectivity index (χ4n) is 5.55. The molecule has 0 spiro atoms. The van der Waals surface area contributed by atoms with E-state index in [1.807, 2.05) is 63.2 Å². The number of Topliss-reactive ketones (excluding diaryl/α,β-unsaturated/α-hetero) is 3. The van der Waals surface area contributed by atoms with E-state index in [0.717, 1.165) is 16.3 Å². The Morgan fingerprint density at radius 2 is 1.51 bits per heavy atom. The minimum atomic E-state index is -1.14. The Bertz CT molecular complexity index is 1570. The van der Waals surface area contributed by atoms with Gasteiger partial charge in [-0.25, -0.2) is 0 Å². The van der Waals surface area contributed by atoms with Crippen LogP contribution in [0.25, 0.3) is 10.8 Å². The van der Waals surface area contributed by atoms with E-state index in [1.165, 1.54) is 0 Å². The van der Waals surface area contributed by atoms with E-state index in [4.69, 9.17) is 5.73 Å². The van der Waals surface area contributed by atoms with Crippen LogP contribution in [0.4, 0.5) is 0 Å². The molecule has 47 heavy (non-hydrogen) atoms. The first-order valence-corrected chi connectivity index (χ1v) is 16.2. The lowest BCUT2D eigenvalue weighted by molar-refractivity contribution is -0.142. The fraction of sp³-hybridized carbons (Fsp3) is 0.432. The Labute approximate surface area is 276 Å². The van der Waals surface area contributed by atoms with Crippen LogP contribution in [-0.4, -0.2) is 52.6 Å². The molecule has 3 rings (SSSR count). The topological polar surface area (TPSA) is 165 Å². The van der Waals surface area contributed by atoms with Gasteiger partial charge in [-0.05, 0) is 53.1 Å². The highest BCUT2D eigenvalue weighted by molar-refractivity contribution is 6.38. The smallest absolute Gasteiger partial charge is 0.289 e. The normalized spacial score (nSPS) is 13.7. The number of nitrogens with zero attached hydrogens (tertiary/aromatic N) is 1. The van der Waals surface area contributed by atoms with E-state index in [0.29, 0.717) is 18.5 Å². The number of aromatic nitrogens is 1. The van der Waals surface area contributed by atoms with E-state index in [1.54, 1.807) is 31.3 Å². The lowest BCUT2D eigenvalue weighted by Crippen LogP contribution is -2.52. The predicted molar refractivity (Wildman–Crippen MR) is 180 cm³/mol. The first-order chi connectivity index (χ1) is 22.4. The van der Waals surface area contributed by atoms with Gasteiger partial charge < -0.3 is 16.4 Å². The number of fused-ring (bicyclic) bond motifs is 1. The minimum absolute atomic E-state index is 0.0249. The molecule has 2 aromatic carbocycles. The third-order valence-electron chi connectivity index (χ3n) is 8.34. The number of ketones is 3. The maximum atomic E-state index is 13.4. The fourth-order valence-corrected chi connectivity index (χ4v) is 5.55. The maximum absolute atomic E-state index is 13.4. The van der Waals surface area contributed by atoms with Crippen LogP contribution in [0, 0.1) is 23.7 Å². The number of benzene rings is 2. The number of hydrogen-bond donors (Lipinski definition) is 3. The number of rotatable bonds is 19. The Kier molecular flexibility index (Phi) is 13.9. The van der Waals surface area contributed by atoms with E-state index in [2.05, 4.69) is 15.6 Å². The van der Waals surface area contributed by atoms with Gasteiger partial charge in [-0.3, -0.25) is 33.8 Å². The summed E-state index contributed by atoms with van der Waals surface area (Å²) < 4.78 is 0. The summed E-state index contributed by atoms with van der Waals surface area (Å²) in [6.45, 7) is 6.99. The number of hydrogen-bond acceptors (Lipinski definition) is 7. The number of nitrogens with one attached hydrogen (secondary N) is 2. The molecule has 10 heteroatoms. The van der Waals surface area contributed by atoms with Crippen LogP contribution in [0.15, 0.2) is 66.9 Å². The van der Waals surface area contributed by atoms with Gasteiger partial charge in [0, 0.05) is 43.0 Å². The van der Waals surface area contributed by atoms with Gasteiger partial charge in [0.05, 0.1) is 12.6 Å². The molecule has 10 nitrogen and oxygen atoms in total. The van der Waals surface area contributed by atoms with Crippen LogP contribution in [0.1, 0.15) is 64.6 Å². The molecule has 250 valence electrons. The van der Waals surface area contributed by atoms with E-state index in [9.17, 15) is 28.8 Å². The molecule has 1 aromatic heterocycles. The zero-order valence-electron chi connectivity index (χ0n) is 27.7. The Morgan fingerprint density at radius 1 is 0.830 bits per heavy atom. The zero-order valence-corrected chi connectivity index (χ0v) is 27.7. The maximum Gasteiger partial charge on any atom is 0.289 e. The van der Waals surface area contributed by atoms with Crippen LogP contribution >= 0.6 is 0 Å². The number of carbonyl (C=O) groups excluding carboxylic acids is 6. The second kappa shape index (κ2) is 17.8. The molecule has 0 aliphatic heterocycles. The zero-order chi connectivity index (χ0) is 34.5. The van der Waals surface area contributed by atoms with Crippen LogP contribution in [0.2, 0.25) is 0 Å². The quantitative estimate of drug-likeness (QED) is 0.167. The third-order valence-corrected chi connectivity index (χ3v) is 8.34. The van der Waals surface area contributed by atoms with Crippen LogP contribution in [0.3, 0.4) is 0 Å². The molecule has 0 saturated carbocycles. The lowest BCUT2D eigenvalue weighted by Gasteiger charge is -2.26. The Balaban J connectivity index is 1.60. The van der Waals surface area contributed by atoms with E-state index in [-0.39, 0.29) is 37.4 Å². The first-order valence-electron chi connectivity index (χ1n) is 16.2. The van der Waals surface area contributed by atoms with Gasteiger partial charge in [-0.15, -0.1) is 0 Å². The minimum Gasteiger partial charge on any atom is -0.369 e. The van der Waals surface area contributed by atoms with Crippen LogP contribution < -0.4 is 16.4 Å². The SMILES string of the molecule is CC[C@H](C)C(NC(=O)[C@@H](CC(=O)Cc1ccccn1)CC(C)C)C(=O)C(=O)NCC(=O)C[C@@H](Cc1ccc2ccccc2c1)C(N)=O. The standard InChI is InChI=1S/C37H46N4O6/c1-5-24(4)33(41-36(46)29(16-23(2)3)20-31(42)21-30-12-8-9-15-39-30)34(44)37(47)40-22-32(43)19-28(35(38)45)18-25-13-14-26-10-6-7-11-27(26)17-25/h6-15,17,23-24,28-29,33H,5,16,18-22H2,1-4H3,(H2,38,45)(H,40,47)(H,41,46)/t24-,28+,29+,33?/m0/s1. The van der Waals surface area contributed by atoms with Crippen molar-refractivity contribution in [1.29, 1.82) is 0 Å². The lowest BCUT2D eigenvalue weighted by atomic mass is 9.88. The average Bonchev–Trinajstić information content (AvgIpc) is 3.04. The van der Waals surface area contributed by atoms with Crippen molar-refractivity contribution in [2.24, 2.45) is 29.4 Å². The van der Waals surface area contributed by atoms with Crippen LogP contribution in [0.5, 0.6) is 0 Å². The highest BCUT2D eigenvalue weighted by Crippen LogP contribution is 2.21. The second-order valence-corrected chi connectivity index (χ2v) is 12.7. The van der Waals surface area contributed by atoms with Gasteiger partial charge in [0.1, 0.15) is 5.78 Å². The highest BCUT2D eigenvalue weighted by Gasteiger charge is 2.34. The summed E-state index contributed by atoms with van der Waals surface area (Å²) in [5.41, 5.74) is 7.07. The van der Waals surface area contributed by atoms with E-state index >= 15 is 0 Å². The van der Waals surface area contributed by atoms with Gasteiger partial charge in [0.2, 0.25) is 17.6 Å². The second-order valence-electron chi connectivity index (χ2n) is 12.7. The van der Waals surface area contributed by atoms with Gasteiger partial charge in [-0.1, -0.05) is 82.6 Å².